The number of benzene rings is 4. The van der Waals surface area contributed by atoms with Gasteiger partial charge in [0.05, 0.1) is 11.1 Å². The Morgan fingerprint density at radius 3 is 1.93 bits per heavy atom. The van der Waals surface area contributed by atoms with E-state index in [1.165, 1.54) is 23.4 Å². The van der Waals surface area contributed by atoms with Crippen molar-refractivity contribution in [2.75, 3.05) is 4.90 Å². The van der Waals surface area contributed by atoms with E-state index in [-0.39, 0.29) is 36.6 Å². The van der Waals surface area contributed by atoms with E-state index in [1.54, 1.807) is 12.1 Å². The van der Waals surface area contributed by atoms with Crippen LogP contribution in [0.2, 0.25) is 0 Å². The summed E-state index contributed by atoms with van der Waals surface area (Å²) >= 11 is 0. The van der Waals surface area contributed by atoms with Gasteiger partial charge in [0.1, 0.15) is 5.69 Å². The van der Waals surface area contributed by atoms with Crippen LogP contribution in [0.15, 0.2) is 152 Å². The minimum atomic E-state index is -0.990. The fourth-order valence-corrected chi connectivity index (χ4v) is 7.10. The van der Waals surface area contributed by atoms with E-state index >= 15 is 0 Å². The summed E-state index contributed by atoms with van der Waals surface area (Å²) in [6, 6.07) is 54.7. The standard InChI is InChI=1S/C43H39N3.C6H5NO2.Ir/c1-41(2,3)31-23-25-34-37(28-31)46(33-18-11-8-12-19-33)38-29-32(42(4,5)6)24-26-35(38)43(34,39-21-13-14-27-44-39)40-22-15-20-36(45-40)30-16-9-7-10-17-30;8-6(9)5-3-1-2-4-7-5;/h7-16,18-25,27-29H,1-6H3;1-4H,(H,8,9);/q-2;;/t43-;;/m0../s1. The zero-order valence-electron chi connectivity index (χ0n) is 32.4. The first-order valence-electron chi connectivity index (χ1n) is 18.5. The first-order valence-corrected chi connectivity index (χ1v) is 18.5. The average Bonchev–Trinajstić information content (AvgIpc) is 3.20. The van der Waals surface area contributed by atoms with E-state index in [0.717, 1.165) is 50.8 Å². The van der Waals surface area contributed by atoms with Crippen LogP contribution in [0.5, 0.6) is 0 Å². The number of carboxylic acid groups (broad SMARTS) is 1. The number of hydrogen-bond donors (Lipinski definition) is 1. The number of carbonyl (C=O) groups is 1. The summed E-state index contributed by atoms with van der Waals surface area (Å²) < 4.78 is 0. The predicted octanol–water partition coefficient (Wildman–Crippen LogP) is 11.3. The first-order chi connectivity index (χ1) is 26.4. The zero-order valence-corrected chi connectivity index (χ0v) is 34.8. The number of nitrogens with zero attached hydrogens (tertiary/aromatic N) is 4. The largest absolute Gasteiger partial charge is 0.477 e. The van der Waals surface area contributed by atoms with Crippen LogP contribution in [0.4, 0.5) is 17.1 Å². The Balaban J connectivity index is 0.000000470. The van der Waals surface area contributed by atoms with E-state index in [9.17, 15) is 4.79 Å². The van der Waals surface area contributed by atoms with E-state index in [2.05, 4.69) is 161 Å². The Labute approximate surface area is 343 Å². The van der Waals surface area contributed by atoms with Crippen molar-refractivity contribution in [2.24, 2.45) is 0 Å². The predicted molar refractivity (Wildman–Crippen MR) is 220 cm³/mol. The van der Waals surface area contributed by atoms with Gasteiger partial charge in [0.2, 0.25) is 0 Å². The zero-order chi connectivity index (χ0) is 38.8. The van der Waals surface area contributed by atoms with Gasteiger partial charge in [0.15, 0.2) is 0 Å². The summed E-state index contributed by atoms with van der Waals surface area (Å²) in [4.78, 5) is 26.7. The normalized spacial score (nSPS) is 14.6. The number of aromatic carboxylic acids is 1. The molecule has 1 radical (unpaired) electrons. The number of hydrogen-bond acceptors (Lipinski definition) is 5. The van der Waals surface area contributed by atoms with Crippen molar-refractivity contribution in [3.05, 3.63) is 203 Å². The van der Waals surface area contributed by atoms with Gasteiger partial charge in [-0.3, -0.25) is 9.97 Å². The van der Waals surface area contributed by atoms with Gasteiger partial charge >= 0.3 is 5.97 Å². The topological polar surface area (TPSA) is 79.2 Å². The van der Waals surface area contributed by atoms with Gasteiger partial charge in [-0.1, -0.05) is 107 Å². The minimum absolute atomic E-state index is 0. The van der Waals surface area contributed by atoms with Crippen LogP contribution in [0.1, 0.15) is 85.7 Å². The molecule has 0 saturated heterocycles. The molecule has 7 aromatic rings. The smallest absolute Gasteiger partial charge is 0.354 e. The first kappa shape index (κ1) is 39.9. The molecule has 0 fully saturated rings. The molecule has 0 bridgehead atoms. The summed E-state index contributed by atoms with van der Waals surface area (Å²) in [6.07, 6.45) is 3.34. The Kier molecular flexibility index (Phi) is 11.5. The van der Waals surface area contributed by atoms with Crippen molar-refractivity contribution in [1.29, 1.82) is 0 Å². The molecule has 0 aliphatic carbocycles. The second-order valence-corrected chi connectivity index (χ2v) is 15.7. The van der Waals surface area contributed by atoms with Crippen LogP contribution in [0.3, 0.4) is 0 Å². The Morgan fingerprint density at radius 2 is 1.32 bits per heavy atom. The number of pyridine rings is 3. The fourth-order valence-electron chi connectivity index (χ4n) is 7.10. The van der Waals surface area contributed by atoms with Crippen LogP contribution in [-0.2, 0) is 36.4 Å². The van der Waals surface area contributed by atoms with Gasteiger partial charge in [0.25, 0.3) is 0 Å². The molecular weight excluding hydrogens is 869 g/mol. The van der Waals surface area contributed by atoms with E-state index < -0.39 is 11.4 Å². The molecule has 1 N–H and O–H groups in total. The maximum atomic E-state index is 10.1. The van der Waals surface area contributed by atoms with Gasteiger partial charge in [0, 0.05) is 49.6 Å². The third-order valence-electron chi connectivity index (χ3n) is 9.98. The summed E-state index contributed by atoms with van der Waals surface area (Å²) in [5.74, 6) is -0.990. The SMILES string of the molecule is CC(C)(C)c1c[c-]c2c(c1)N(c1ccccc1)c1cc(C(C)(C)C)ccc1[C@]2(c1ccccn1)c1cccc(-c2[c-]cccc2)n1.O=C(O)c1ccccn1.[Ir]. The van der Waals surface area contributed by atoms with Crippen molar-refractivity contribution in [3.8, 4) is 11.3 Å². The van der Waals surface area contributed by atoms with Crippen molar-refractivity contribution < 1.29 is 30.0 Å². The molecule has 1 atom stereocenters. The molecule has 3 aromatic heterocycles. The van der Waals surface area contributed by atoms with Crippen LogP contribution in [-0.4, -0.2) is 26.0 Å². The van der Waals surface area contributed by atoms with Crippen LogP contribution in [0, 0.1) is 12.1 Å². The van der Waals surface area contributed by atoms with Crippen molar-refractivity contribution >= 4 is 23.0 Å². The summed E-state index contributed by atoms with van der Waals surface area (Å²) in [5.41, 5.74) is 10.7. The second kappa shape index (κ2) is 16.2. The molecule has 56 heavy (non-hydrogen) atoms. The maximum Gasteiger partial charge on any atom is 0.354 e. The van der Waals surface area contributed by atoms with E-state index in [0.29, 0.717) is 0 Å². The molecular formula is C49H44IrN4O2-2. The molecule has 1 aliphatic heterocycles. The van der Waals surface area contributed by atoms with Crippen molar-refractivity contribution in [3.63, 3.8) is 0 Å². The Hall–Kier alpha value is -5.75. The van der Waals surface area contributed by atoms with E-state index in [4.69, 9.17) is 15.1 Å². The molecule has 4 aromatic carbocycles. The minimum Gasteiger partial charge on any atom is -0.477 e. The quantitative estimate of drug-likeness (QED) is 0.173. The summed E-state index contributed by atoms with van der Waals surface area (Å²) in [5, 5.41) is 8.32. The maximum absolute atomic E-state index is 10.1. The molecule has 0 amide bonds. The summed E-state index contributed by atoms with van der Waals surface area (Å²) in [7, 11) is 0. The summed E-state index contributed by atoms with van der Waals surface area (Å²) in [6.45, 7) is 13.6. The van der Waals surface area contributed by atoms with E-state index in [1.807, 2.05) is 30.5 Å². The number of fused-ring (bicyclic) bond motifs is 2. The van der Waals surface area contributed by atoms with Crippen molar-refractivity contribution in [2.45, 2.75) is 57.8 Å². The third kappa shape index (κ3) is 7.70. The molecule has 0 saturated carbocycles. The number of aromatic nitrogens is 3. The third-order valence-corrected chi connectivity index (χ3v) is 9.98. The van der Waals surface area contributed by atoms with Gasteiger partial charge in [-0.2, -0.15) is 12.1 Å². The molecule has 0 unspecified atom stereocenters. The monoisotopic (exact) mass is 913 g/mol. The molecule has 4 heterocycles. The Bertz CT molecular complexity index is 2360. The van der Waals surface area contributed by atoms with Crippen LogP contribution >= 0.6 is 0 Å². The average molecular weight is 913 g/mol. The van der Waals surface area contributed by atoms with Gasteiger partial charge < -0.3 is 10.0 Å². The second-order valence-electron chi connectivity index (χ2n) is 15.7. The van der Waals surface area contributed by atoms with Gasteiger partial charge in [-0.15, -0.1) is 53.1 Å². The van der Waals surface area contributed by atoms with Gasteiger partial charge in [-0.05, 0) is 70.8 Å². The molecule has 0 spiro atoms. The molecule has 6 nitrogen and oxygen atoms in total. The number of anilines is 3. The number of para-hydroxylation sites is 1. The molecule has 1 aliphatic rings. The Morgan fingerprint density at radius 1 is 0.661 bits per heavy atom. The van der Waals surface area contributed by atoms with Crippen molar-refractivity contribution in [1.82, 2.24) is 15.0 Å². The number of carboxylic acids is 1. The van der Waals surface area contributed by atoms with Crippen LogP contribution in [0.25, 0.3) is 11.3 Å². The van der Waals surface area contributed by atoms with Crippen LogP contribution < -0.4 is 4.90 Å². The number of rotatable bonds is 5. The fraction of sp³-hybridized carbons (Fsp3) is 0.184. The van der Waals surface area contributed by atoms with Gasteiger partial charge in [-0.25, -0.2) is 9.78 Å². The molecule has 8 rings (SSSR count). The molecule has 7 heteroatoms. The molecule has 283 valence electrons.